The van der Waals surface area contributed by atoms with Gasteiger partial charge in [0.2, 0.25) is 0 Å². The lowest BCUT2D eigenvalue weighted by molar-refractivity contribution is 0.0165. The molecule has 20 heavy (non-hydrogen) atoms. The summed E-state index contributed by atoms with van der Waals surface area (Å²) in [6.45, 7) is 12.0. The second-order valence-electron chi connectivity index (χ2n) is 6.71. The summed E-state index contributed by atoms with van der Waals surface area (Å²) in [6, 6.07) is 0. The third-order valence-electron chi connectivity index (χ3n) is 4.11. The van der Waals surface area contributed by atoms with Gasteiger partial charge in [0.1, 0.15) is 0 Å². The molecule has 0 atom stereocenters. The van der Waals surface area contributed by atoms with E-state index in [1.807, 2.05) is 6.08 Å². The summed E-state index contributed by atoms with van der Waals surface area (Å²) in [7, 11) is -3.04. The molecular weight excluding hydrogens is 274 g/mol. The van der Waals surface area contributed by atoms with Gasteiger partial charge in [-0.15, -0.1) is 6.58 Å². The van der Waals surface area contributed by atoms with Gasteiger partial charge in [-0.25, -0.2) is 8.42 Å². The van der Waals surface area contributed by atoms with Crippen LogP contribution in [-0.4, -0.2) is 45.2 Å². The Morgan fingerprint density at radius 3 is 2.40 bits per heavy atom. The van der Waals surface area contributed by atoms with Crippen molar-refractivity contribution < 1.29 is 13.2 Å². The first-order valence-corrected chi connectivity index (χ1v) is 8.99. The van der Waals surface area contributed by atoms with Crippen LogP contribution in [0.15, 0.2) is 12.7 Å². The third-order valence-corrected chi connectivity index (χ3v) is 6.72. The molecule has 0 aromatic heterocycles. The van der Waals surface area contributed by atoms with Gasteiger partial charge in [-0.2, -0.15) is 0 Å². The topological polar surface area (TPSA) is 55.4 Å². The van der Waals surface area contributed by atoms with Gasteiger partial charge < -0.3 is 10.1 Å². The fourth-order valence-corrected chi connectivity index (χ4v) is 3.46. The number of ether oxygens (including phenoxy) is 1. The minimum Gasteiger partial charge on any atom is -0.381 e. The molecule has 4 nitrogen and oxygen atoms in total. The van der Waals surface area contributed by atoms with Crippen LogP contribution in [0.5, 0.6) is 0 Å². The van der Waals surface area contributed by atoms with Crippen LogP contribution in [0.4, 0.5) is 0 Å². The Bertz CT molecular complexity index is 403. The largest absolute Gasteiger partial charge is 0.381 e. The summed E-state index contributed by atoms with van der Waals surface area (Å²) < 4.78 is 28.8. The maximum atomic E-state index is 12.0. The highest BCUT2D eigenvalue weighted by atomic mass is 32.2. The number of hydrogen-bond donors (Lipinski definition) is 1. The summed E-state index contributed by atoms with van der Waals surface area (Å²) in [5.74, 6) is 0.192. The molecule has 0 aromatic carbocycles. The van der Waals surface area contributed by atoms with Gasteiger partial charge in [-0.05, 0) is 45.4 Å². The molecule has 1 N–H and O–H groups in total. The fraction of sp³-hybridized carbons (Fsp3) is 0.867. The molecule has 0 unspecified atom stereocenters. The van der Waals surface area contributed by atoms with Crippen LogP contribution in [0, 0.1) is 5.41 Å². The van der Waals surface area contributed by atoms with E-state index in [0.29, 0.717) is 6.54 Å². The molecule has 1 aliphatic rings. The third kappa shape index (κ3) is 4.86. The van der Waals surface area contributed by atoms with Gasteiger partial charge in [-0.1, -0.05) is 6.08 Å². The van der Waals surface area contributed by atoms with Gasteiger partial charge in [0.25, 0.3) is 0 Å². The second-order valence-corrected chi connectivity index (χ2v) is 9.58. The molecule has 1 aliphatic heterocycles. The van der Waals surface area contributed by atoms with Crippen molar-refractivity contribution in [1.29, 1.82) is 0 Å². The van der Waals surface area contributed by atoms with Gasteiger partial charge in [-0.3, -0.25) is 0 Å². The molecular formula is C15H29NO3S. The van der Waals surface area contributed by atoms with Crippen molar-refractivity contribution >= 4 is 9.84 Å². The molecule has 5 heteroatoms. The van der Waals surface area contributed by atoms with Crippen LogP contribution in [-0.2, 0) is 14.6 Å². The van der Waals surface area contributed by atoms with Crippen molar-refractivity contribution in [1.82, 2.24) is 5.32 Å². The maximum Gasteiger partial charge on any atom is 0.156 e. The van der Waals surface area contributed by atoms with E-state index in [-0.39, 0.29) is 11.2 Å². The zero-order chi connectivity index (χ0) is 15.3. The van der Waals surface area contributed by atoms with Crippen molar-refractivity contribution in [3.05, 3.63) is 12.7 Å². The smallest absolute Gasteiger partial charge is 0.156 e. The zero-order valence-electron chi connectivity index (χ0n) is 13.1. The minimum absolute atomic E-state index is 0.186. The highest BCUT2D eigenvalue weighted by Gasteiger charge is 2.32. The van der Waals surface area contributed by atoms with Crippen LogP contribution in [0.2, 0.25) is 0 Å². The maximum absolute atomic E-state index is 12.0. The number of nitrogens with one attached hydrogen (secondary N) is 1. The number of hydrogen-bond acceptors (Lipinski definition) is 4. The molecule has 1 fully saturated rings. The van der Waals surface area contributed by atoms with Crippen LogP contribution in [0.3, 0.4) is 0 Å². The summed E-state index contributed by atoms with van der Waals surface area (Å²) >= 11 is 0. The molecule has 0 saturated carbocycles. The summed E-state index contributed by atoms with van der Waals surface area (Å²) in [5, 5.41) is 3.33. The molecule has 1 saturated heterocycles. The predicted molar refractivity (Wildman–Crippen MR) is 83.7 cm³/mol. The van der Waals surface area contributed by atoms with Gasteiger partial charge in [0, 0.05) is 26.3 Å². The van der Waals surface area contributed by atoms with E-state index in [1.165, 1.54) is 0 Å². The predicted octanol–water partition coefficient (Wildman–Crippen LogP) is 2.16. The van der Waals surface area contributed by atoms with E-state index in [9.17, 15) is 8.42 Å². The normalized spacial score (nSPS) is 19.8. The molecule has 0 aliphatic carbocycles. The Morgan fingerprint density at radius 2 is 1.90 bits per heavy atom. The fourth-order valence-electron chi connectivity index (χ4n) is 2.43. The lowest BCUT2D eigenvalue weighted by Gasteiger charge is -2.36. The van der Waals surface area contributed by atoms with E-state index in [1.54, 1.807) is 20.8 Å². The highest BCUT2D eigenvalue weighted by molar-refractivity contribution is 7.92. The molecule has 0 radical (unpaired) electrons. The van der Waals surface area contributed by atoms with E-state index in [4.69, 9.17) is 4.74 Å². The van der Waals surface area contributed by atoms with Gasteiger partial charge in [0.05, 0.1) is 10.5 Å². The second kappa shape index (κ2) is 7.05. The standard InChI is InChI=1S/C15H29NO3S/c1-5-6-15(7-10-19-11-8-15)13-16-9-12-20(17,18)14(2,3)4/h5,16H,1,6-13H2,2-4H3. The van der Waals surface area contributed by atoms with Crippen LogP contribution >= 0.6 is 0 Å². The van der Waals surface area contributed by atoms with E-state index >= 15 is 0 Å². The van der Waals surface area contributed by atoms with E-state index in [2.05, 4.69) is 11.9 Å². The molecule has 118 valence electrons. The Morgan fingerprint density at radius 1 is 1.30 bits per heavy atom. The number of sulfone groups is 1. The monoisotopic (exact) mass is 303 g/mol. The summed E-state index contributed by atoms with van der Waals surface area (Å²) in [6.07, 6.45) is 4.93. The Labute approximate surface area is 123 Å². The quantitative estimate of drug-likeness (QED) is 0.578. The van der Waals surface area contributed by atoms with Crippen molar-refractivity contribution in [2.24, 2.45) is 5.41 Å². The summed E-state index contributed by atoms with van der Waals surface area (Å²) in [5.41, 5.74) is 0.186. The van der Waals surface area contributed by atoms with E-state index in [0.717, 1.165) is 39.0 Å². The number of allylic oxidation sites excluding steroid dienone is 1. The molecule has 1 rings (SSSR count). The van der Waals surface area contributed by atoms with Crippen molar-refractivity contribution in [2.45, 2.75) is 44.8 Å². The average Bonchev–Trinajstić information content (AvgIpc) is 2.35. The molecule has 0 amide bonds. The summed E-state index contributed by atoms with van der Waals surface area (Å²) in [4.78, 5) is 0. The van der Waals surface area contributed by atoms with Crippen LogP contribution in [0.25, 0.3) is 0 Å². The van der Waals surface area contributed by atoms with Gasteiger partial charge >= 0.3 is 0 Å². The number of rotatable bonds is 7. The van der Waals surface area contributed by atoms with Gasteiger partial charge in [0.15, 0.2) is 9.84 Å². The lowest BCUT2D eigenvalue weighted by Crippen LogP contribution is -2.41. The lowest BCUT2D eigenvalue weighted by atomic mass is 9.77. The van der Waals surface area contributed by atoms with Crippen molar-refractivity contribution in [3.8, 4) is 0 Å². The average molecular weight is 303 g/mol. The highest BCUT2D eigenvalue weighted by Crippen LogP contribution is 2.33. The first-order valence-electron chi connectivity index (χ1n) is 7.34. The zero-order valence-corrected chi connectivity index (χ0v) is 13.9. The van der Waals surface area contributed by atoms with Crippen molar-refractivity contribution in [3.63, 3.8) is 0 Å². The minimum atomic E-state index is -3.04. The first-order chi connectivity index (χ1) is 9.22. The Balaban J connectivity index is 2.44. The van der Waals surface area contributed by atoms with Crippen molar-refractivity contribution in [2.75, 3.05) is 32.1 Å². The van der Waals surface area contributed by atoms with Crippen LogP contribution in [0.1, 0.15) is 40.0 Å². The van der Waals surface area contributed by atoms with Crippen LogP contribution < -0.4 is 5.32 Å². The molecule has 0 aromatic rings. The molecule has 0 bridgehead atoms. The Kier molecular flexibility index (Phi) is 6.23. The van der Waals surface area contributed by atoms with E-state index < -0.39 is 14.6 Å². The molecule has 0 spiro atoms. The Hall–Kier alpha value is -0.390. The molecule has 1 heterocycles. The SMILES string of the molecule is C=CCC1(CNCCS(=O)(=O)C(C)(C)C)CCOCC1. The first kappa shape index (κ1) is 17.7.